The van der Waals surface area contributed by atoms with E-state index in [1.54, 1.807) is 6.08 Å². The van der Waals surface area contributed by atoms with E-state index in [0.29, 0.717) is 0 Å². The Morgan fingerprint density at radius 2 is 2.11 bits per heavy atom. The maximum Gasteiger partial charge on any atom is 0.0855 e. The molecule has 1 atom stereocenters. The van der Waals surface area contributed by atoms with Crippen molar-refractivity contribution in [1.29, 1.82) is 0 Å². The van der Waals surface area contributed by atoms with Gasteiger partial charge in [0.25, 0.3) is 0 Å². The van der Waals surface area contributed by atoms with Crippen molar-refractivity contribution in [1.82, 2.24) is 0 Å². The molecule has 0 amide bonds. The lowest BCUT2D eigenvalue weighted by atomic mass is 9.87. The van der Waals surface area contributed by atoms with Crippen LogP contribution in [0.5, 0.6) is 0 Å². The molecule has 0 aliphatic carbocycles. The van der Waals surface area contributed by atoms with Crippen molar-refractivity contribution >= 4 is 0 Å². The van der Waals surface area contributed by atoms with Gasteiger partial charge in [-0.3, -0.25) is 0 Å². The molecule has 0 aromatic carbocycles. The molecule has 2 nitrogen and oxygen atoms in total. The van der Waals surface area contributed by atoms with Crippen LogP contribution in [0.3, 0.4) is 0 Å². The van der Waals surface area contributed by atoms with Gasteiger partial charge < -0.3 is 10.2 Å². The van der Waals surface area contributed by atoms with Gasteiger partial charge in [-0.15, -0.1) is 6.58 Å². The molecule has 0 rings (SSSR count). The number of aliphatic hydroxyl groups is 2. The normalized spacial score (nSPS) is 15.1. The minimum atomic E-state index is -0.699. The maximum atomic E-state index is 9.06. The summed E-state index contributed by atoms with van der Waals surface area (Å²) in [5, 5.41) is 17.6. The molecule has 0 aliphatic rings. The van der Waals surface area contributed by atoms with Gasteiger partial charge in [0.05, 0.1) is 12.7 Å². The molecule has 0 fully saturated rings. The molecule has 0 aromatic heterocycles. The number of hydrogen-bond donors (Lipinski definition) is 2. The van der Waals surface area contributed by atoms with Crippen molar-refractivity contribution in [3.8, 4) is 0 Å². The first-order chi connectivity index (χ1) is 4.04. The Morgan fingerprint density at radius 3 is 2.22 bits per heavy atom. The summed E-state index contributed by atoms with van der Waals surface area (Å²) in [6, 6.07) is 0. The third-order valence-electron chi connectivity index (χ3n) is 1.56. The van der Waals surface area contributed by atoms with Gasteiger partial charge in [0.15, 0.2) is 0 Å². The molecule has 9 heavy (non-hydrogen) atoms. The number of aliphatic hydroxyl groups excluding tert-OH is 2. The fraction of sp³-hybridized carbons (Fsp3) is 0.714. The van der Waals surface area contributed by atoms with Crippen molar-refractivity contribution in [2.45, 2.75) is 20.0 Å². The topological polar surface area (TPSA) is 40.5 Å². The zero-order chi connectivity index (χ0) is 7.49. The Hall–Kier alpha value is -0.340. The predicted octanol–water partition coefficient (Wildman–Crippen LogP) is 0.552. The summed E-state index contributed by atoms with van der Waals surface area (Å²) in [6.45, 7) is 6.96. The smallest absolute Gasteiger partial charge is 0.0855 e. The highest BCUT2D eigenvalue weighted by atomic mass is 16.3. The molecule has 0 bridgehead atoms. The Morgan fingerprint density at radius 1 is 1.67 bits per heavy atom. The molecule has 2 N–H and O–H groups in total. The van der Waals surface area contributed by atoms with Crippen molar-refractivity contribution in [2.24, 2.45) is 5.41 Å². The Bertz CT molecular complexity index is 97.1. The van der Waals surface area contributed by atoms with E-state index in [0.717, 1.165) is 0 Å². The van der Waals surface area contributed by atoms with Crippen LogP contribution in [0.2, 0.25) is 0 Å². The monoisotopic (exact) mass is 130 g/mol. The van der Waals surface area contributed by atoms with Crippen LogP contribution >= 0.6 is 0 Å². The van der Waals surface area contributed by atoms with E-state index in [4.69, 9.17) is 10.2 Å². The molecule has 0 saturated carbocycles. The summed E-state index contributed by atoms with van der Waals surface area (Å²) >= 11 is 0. The molecule has 0 heterocycles. The largest absolute Gasteiger partial charge is 0.394 e. The molecule has 0 saturated heterocycles. The highest BCUT2D eigenvalue weighted by Gasteiger charge is 2.22. The minimum absolute atomic E-state index is 0.209. The SMILES string of the molecule is C=CC(C)(C)C(O)CO. The molecular formula is C7H14O2. The highest BCUT2D eigenvalue weighted by Crippen LogP contribution is 2.20. The zero-order valence-electron chi connectivity index (χ0n) is 5.96. The molecule has 54 valence electrons. The van der Waals surface area contributed by atoms with Crippen molar-refractivity contribution in [3.05, 3.63) is 12.7 Å². The van der Waals surface area contributed by atoms with Crippen molar-refractivity contribution < 1.29 is 10.2 Å². The van der Waals surface area contributed by atoms with Crippen LogP contribution in [-0.4, -0.2) is 22.9 Å². The first-order valence-electron chi connectivity index (χ1n) is 2.97. The molecule has 1 unspecified atom stereocenters. The zero-order valence-corrected chi connectivity index (χ0v) is 5.96. The lowest BCUT2D eigenvalue weighted by Gasteiger charge is -2.24. The van der Waals surface area contributed by atoms with E-state index in [-0.39, 0.29) is 12.0 Å². The van der Waals surface area contributed by atoms with Gasteiger partial charge in [0.1, 0.15) is 0 Å². The second kappa shape index (κ2) is 2.99. The van der Waals surface area contributed by atoms with Gasteiger partial charge in [-0.1, -0.05) is 19.9 Å². The van der Waals surface area contributed by atoms with Gasteiger partial charge in [-0.05, 0) is 0 Å². The lowest BCUT2D eigenvalue weighted by Crippen LogP contribution is -2.30. The Balaban J connectivity index is 3.95. The molecule has 0 radical (unpaired) electrons. The van der Waals surface area contributed by atoms with Crippen LogP contribution < -0.4 is 0 Å². The van der Waals surface area contributed by atoms with E-state index in [1.165, 1.54) is 0 Å². The summed E-state index contributed by atoms with van der Waals surface area (Å²) in [4.78, 5) is 0. The lowest BCUT2D eigenvalue weighted by molar-refractivity contribution is 0.0276. The van der Waals surface area contributed by atoms with Crippen LogP contribution in [0.4, 0.5) is 0 Å². The van der Waals surface area contributed by atoms with Gasteiger partial charge in [0, 0.05) is 5.41 Å². The van der Waals surface area contributed by atoms with Gasteiger partial charge >= 0.3 is 0 Å². The summed E-state index contributed by atoms with van der Waals surface area (Å²) in [6.07, 6.45) is 0.934. The maximum absolute atomic E-state index is 9.06. The van der Waals surface area contributed by atoms with Crippen LogP contribution in [-0.2, 0) is 0 Å². The van der Waals surface area contributed by atoms with E-state index in [2.05, 4.69) is 6.58 Å². The average molecular weight is 130 g/mol. The van der Waals surface area contributed by atoms with Gasteiger partial charge in [-0.2, -0.15) is 0 Å². The summed E-state index contributed by atoms with van der Waals surface area (Å²) < 4.78 is 0. The summed E-state index contributed by atoms with van der Waals surface area (Å²) in [5.74, 6) is 0. The molecule has 0 aromatic rings. The second-order valence-corrected chi connectivity index (χ2v) is 2.72. The fourth-order valence-corrected chi connectivity index (χ4v) is 0.371. The quantitative estimate of drug-likeness (QED) is 0.548. The first-order valence-corrected chi connectivity index (χ1v) is 2.97. The number of hydrogen-bond acceptors (Lipinski definition) is 2. The van der Waals surface area contributed by atoms with Gasteiger partial charge in [0.2, 0.25) is 0 Å². The third-order valence-corrected chi connectivity index (χ3v) is 1.56. The Labute approximate surface area is 55.8 Å². The van der Waals surface area contributed by atoms with Crippen LogP contribution in [0, 0.1) is 5.41 Å². The second-order valence-electron chi connectivity index (χ2n) is 2.72. The van der Waals surface area contributed by atoms with E-state index in [9.17, 15) is 0 Å². The molecule has 0 aliphatic heterocycles. The van der Waals surface area contributed by atoms with Crippen molar-refractivity contribution in [3.63, 3.8) is 0 Å². The molecule has 2 heteroatoms. The van der Waals surface area contributed by atoms with Crippen molar-refractivity contribution in [2.75, 3.05) is 6.61 Å². The summed E-state index contributed by atoms with van der Waals surface area (Å²) in [5.41, 5.74) is -0.380. The average Bonchev–Trinajstić information content (AvgIpc) is 1.86. The fourth-order valence-electron chi connectivity index (χ4n) is 0.371. The molecular weight excluding hydrogens is 116 g/mol. The third kappa shape index (κ3) is 2.16. The predicted molar refractivity (Wildman–Crippen MR) is 37.1 cm³/mol. The van der Waals surface area contributed by atoms with E-state index >= 15 is 0 Å². The Kier molecular flexibility index (Phi) is 2.88. The first kappa shape index (κ1) is 8.66. The minimum Gasteiger partial charge on any atom is -0.394 e. The van der Waals surface area contributed by atoms with Crippen LogP contribution in [0.1, 0.15) is 13.8 Å². The molecule has 0 spiro atoms. The standard InChI is InChI=1S/C7H14O2/c1-4-7(2,3)6(9)5-8/h4,6,8-9H,1,5H2,2-3H3. The van der Waals surface area contributed by atoms with Crippen LogP contribution in [0.15, 0.2) is 12.7 Å². The number of rotatable bonds is 3. The van der Waals surface area contributed by atoms with E-state index in [1.807, 2.05) is 13.8 Å². The van der Waals surface area contributed by atoms with Gasteiger partial charge in [-0.25, -0.2) is 0 Å². The highest BCUT2D eigenvalue weighted by molar-refractivity contribution is 4.92. The summed E-state index contributed by atoms with van der Waals surface area (Å²) in [7, 11) is 0. The van der Waals surface area contributed by atoms with Crippen LogP contribution in [0.25, 0.3) is 0 Å². The van der Waals surface area contributed by atoms with E-state index < -0.39 is 6.10 Å².